The van der Waals surface area contributed by atoms with Gasteiger partial charge in [0.15, 0.2) is 0 Å². The first-order chi connectivity index (χ1) is 7.66. The van der Waals surface area contributed by atoms with Crippen LogP contribution >= 0.6 is 0 Å². The molecule has 2 unspecified atom stereocenters. The van der Waals surface area contributed by atoms with Gasteiger partial charge in [-0.05, 0) is 32.4 Å². The Morgan fingerprint density at radius 1 is 1.44 bits per heavy atom. The van der Waals surface area contributed by atoms with E-state index < -0.39 is 0 Å². The van der Waals surface area contributed by atoms with Gasteiger partial charge < -0.3 is 15.8 Å². The van der Waals surface area contributed by atoms with E-state index in [1.807, 2.05) is 0 Å². The van der Waals surface area contributed by atoms with Gasteiger partial charge in [0.25, 0.3) is 0 Å². The van der Waals surface area contributed by atoms with Crippen LogP contribution in [-0.2, 0) is 4.74 Å². The van der Waals surface area contributed by atoms with Crippen LogP contribution in [0.15, 0.2) is 24.3 Å². The minimum absolute atomic E-state index is 0.102. The highest BCUT2D eigenvalue weighted by molar-refractivity contribution is 5.47. The molecule has 1 saturated heterocycles. The van der Waals surface area contributed by atoms with Crippen molar-refractivity contribution in [3.63, 3.8) is 0 Å². The van der Waals surface area contributed by atoms with Gasteiger partial charge in [0.2, 0.25) is 0 Å². The van der Waals surface area contributed by atoms with Crippen LogP contribution in [0.25, 0.3) is 0 Å². The van der Waals surface area contributed by atoms with Crippen molar-refractivity contribution < 1.29 is 4.74 Å². The molecule has 16 heavy (non-hydrogen) atoms. The fraction of sp³-hybridized carbons (Fsp3) is 0.538. The zero-order chi connectivity index (χ0) is 11.6. The van der Waals surface area contributed by atoms with E-state index >= 15 is 0 Å². The molecule has 1 aromatic carbocycles. The average molecular weight is 220 g/mol. The van der Waals surface area contributed by atoms with Gasteiger partial charge in [-0.2, -0.15) is 0 Å². The van der Waals surface area contributed by atoms with Gasteiger partial charge in [-0.15, -0.1) is 0 Å². The van der Waals surface area contributed by atoms with Crippen molar-refractivity contribution in [3.8, 4) is 0 Å². The van der Waals surface area contributed by atoms with Crippen molar-refractivity contribution in [2.24, 2.45) is 5.73 Å². The Labute approximate surface area is 97.0 Å². The molecule has 1 fully saturated rings. The number of nitrogens with one attached hydrogen (secondary N) is 1. The molecule has 1 heterocycles. The van der Waals surface area contributed by atoms with Crippen molar-refractivity contribution in [2.45, 2.75) is 31.9 Å². The molecular weight excluding hydrogens is 200 g/mol. The van der Waals surface area contributed by atoms with E-state index in [2.05, 4.69) is 43.4 Å². The third-order valence-electron chi connectivity index (χ3n) is 3.50. The van der Waals surface area contributed by atoms with Gasteiger partial charge in [0.05, 0.1) is 11.6 Å². The summed E-state index contributed by atoms with van der Waals surface area (Å²) in [6.45, 7) is 5.56. The normalized spacial score (nSPS) is 29.3. The van der Waals surface area contributed by atoms with E-state index in [4.69, 9.17) is 10.5 Å². The molecule has 3 nitrogen and oxygen atoms in total. The molecule has 0 aromatic heterocycles. The second-order valence-corrected chi connectivity index (χ2v) is 4.61. The van der Waals surface area contributed by atoms with Gasteiger partial charge >= 0.3 is 0 Å². The van der Waals surface area contributed by atoms with Crippen LogP contribution in [0.3, 0.4) is 0 Å². The number of ether oxygens (including phenoxy) is 1. The van der Waals surface area contributed by atoms with Gasteiger partial charge in [0, 0.05) is 18.8 Å². The molecule has 0 spiro atoms. The molecule has 2 rings (SSSR count). The number of aryl methyl sites for hydroxylation is 1. The summed E-state index contributed by atoms with van der Waals surface area (Å²) in [5, 5.41) is 3.53. The summed E-state index contributed by atoms with van der Waals surface area (Å²) in [6.07, 6.45) is 1.14. The summed E-state index contributed by atoms with van der Waals surface area (Å²) >= 11 is 0. The summed E-state index contributed by atoms with van der Waals surface area (Å²) in [5.74, 6) is 0. The summed E-state index contributed by atoms with van der Waals surface area (Å²) in [7, 11) is 0. The van der Waals surface area contributed by atoms with Crippen molar-refractivity contribution in [1.29, 1.82) is 0 Å². The summed E-state index contributed by atoms with van der Waals surface area (Å²) in [4.78, 5) is 0. The van der Waals surface area contributed by atoms with Crippen LogP contribution in [0, 0.1) is 6.92 Å². The summed E-state index contributed by atoms with van der Waals surface area (Å²) in [6, 6.07) is 8.40. The molecule has 3 N–H and O–H groups in total. The lowest BCUT2D eigenvalue weighted by Gasteiger charge is -2.33. The Morgan fingerprint density at radius 3 is 2.62 bits per heavy atom. The van der Waals surface area contributed by atoms with E-state index in [0.717, 1.165) is 18.7 Å². The van der Waals surface area contributed by atoms with Crippen molar-refractivity contribution in [3.05, 3.63) is 29.8 Å². The number of anilines is 1. The molecule has 3 heteroatoms. The second kappa shape index (κ2) is 4.44. The maximum atomic E-state index is 5.89. The van der Waals surface area contributed by atoms with Crippen molar-refractivity contribution in [2.75, 3.05) is 18.5 Å². The fourth-order valence-corrected chi connectivity index (χ4v) is 2.19. The number of benzene rings is 1. The number of rotatable bonds is 3. The molecule has 88 valence electrons. The van der Waals surface area contributed by atoms with E-state index in [9.17, 15) is 0 Å². The van der Waals surface area contributed by atoms with Gasteiger partial charge in [-0.25, -0.2) is 0 Å². The minimum atomic E-state index is -0.102. The van der Waals surface area contributed by atoms with Crippen LogP contribution in [0.4, 0.5) is 5.69 Å². The van der Waals surface area contributed by atoms with Gasteiger partial charge in [0.1, 0.15) is 0 Å². The van der Waals surface area contributed by atoms with E-state index in [1.165, 1.54) is 5.56 Å². The predicted octanol–water partition coefficient (Wildman–Crippen LogP) is 1.91. The summed E-state index contributed by atoms with van der Waals surface area (Å²) in [5.41, 5.74) is 8.18. The maximum Gasteiger partial charge on any atom is 0.0789 e. The number of nitrogens with two attached hydrogens (primary N) is 1. The Kier molecular flexibility index (Phi) is 3.17. The largest absolute Gasteiger partial charge is 0.376 e. The molecule has 1 aliphatic heterocycles. The quantitative estimate of drug-likeness (QED) is 0.818. The Bertz CT molecular complexity index is 349. The van der Waals surface area contributed by atoms with Gasteiger partial charge in [-0.3, -0.25) is 0 Å². The number of hydrogen-bond donors (Lipinski definition) is 2. The highest BCUT2D eigenvalue weighted by atomic mass is 16.5. The lowest BCUT2D eigenvalue weighted by atomic mass is 9.91. The highest BCUT2D eigenvalue weighted by Gasteiger charge is 2.40. The minimum Gasteiger partial charge on any atom is -0.376 e. The predicted molar refractivity (Wildman–Crippen MR) is 66.6 cm³/mol. The topological polar surface area (TPSA) is 47.3 Å². The third kappa shape index (κ3) is 2.06. The molecule has 0 saturated carbocycles. The SMILES string of the molecule is Cc1ccc(NC2(CN)CCOC2C)cc1. The van der Waals surface area contributed by atoms with E-state index in [0.29, 0.717) is 6.54 Å². The van der Waals surface area contributed by atoms with Crippen molar-refractivity contribution in [1.82, 2.24) is 0 Å². The first-order valence-corrected chi connectivity index (χ1v) is 5.83. The van der Waals surface area contributed by atoms with Crippen molar-refractivity contribution >= 4 is 5.69 Å². The first kappa shape index (κ1) is 11.4. The lowest BCUT2D eigenvalue weighted by Crippen LogP contribution is -2.50. The first-order valence-electron chi connectivity index (χ1n) is 5.83. The zero-order valence-corrected chi connectivity index (χ0v) is 9.99. The molecular formula is C13H20N2O. The van der Waals surface area contributed by atoms with Crippen LogP contribution in [0.2, 0.25) is 0 Å². The summed E-state index contributed by atoms with van der Waals surface area (Å²) < 4.78 is 5.61. The van der Waals surface area contributed by atoms with E-state index in [1.54, 1.807) is 0 Å². The molecule has 2 atom stereocenters. The molecule has 1 aliphatic rings. The monoisotopic (exact) mass is 220 g/mol. The standard InChI is InChI=1S/C13H20N2O/c1-10-3-5-12(6-4-10)15-13(9-14)7-8-16-11(13)2/h3-6,11,15H,7-9,14H2,1-2H3. The van der Waals surface area contributed by atoms with E-state index in [-0.39, 0.29) is 11.6 Å². The van der Waals surface area contributed by atoms with Crippen LogP contribution < -0.4 is 11.1 Å². The Hall–Kier alpha value is -1.06. The zero-order valence-electron chi connectivity index (χ0n) is 9.99. The third-order valence-corrected chi connectivity index (χ3v) is 3.50. The molecule has 0 aliphatic carbocycles. The number of hydrogen-bond acceptors (Lipinski definition) is 3. The van der Waals surface area contributed by atoms with Crippen LogP contribution in [0.5, 0.6) is 0 Å². The molecule has 0 amide bonds. The smallest absolute Gasteiger partial charge is 0.0789 e. The fourth-order valence-electron chi connectivity index (χ4n) is 2.19. The maximum absolute atomic E-state index is 5.89. The second-order valence-electron chi connectivity index (χ2n) is 4.61. The van der Waals surface area contributed by atoms with Gasteiger partial charge in [-0.1, -0.05) is 17.7 Å². The van der Waals surface area contributed by atoms with Crippen LogP contribution in [-0.4, -0.2) is 24.8 Å². The Balaban J connectivity index is 2.15. The lowest BCUT2D eigenvalue weighted by molar-refractivity contribution is 0.103. The highest BCUT2D eigenvalue weighted by Crippen LogP contribution is 2.29. The molecule has 0 radical (unpaired) electrons. The molecule has 0 bridgehead atoms. The Morgan fingerprint density at radius 2 is 2.12 bits per heavy atom. The molecule has 1 aromatic rings. The van der Waals surface area contributed by atoms with Crippen LogP contribution in [0.1, 0.15) is 18.9 Å². The average Bonchev–Trinajstić information content (AvgIpc) is 2.64.